The first-order chi connectivity index (χ1) is 16.6. The Kier molecular flexibility index (Phi) is 19.5. The van der Waals surface area contributed by atoms with Gasteiger partial charge < -0.3 is 38.0 Å². The summed E-state index contributed by atoms with van der Waals surface area (Å²) < 4.78 is 37.5. The van der Waals surface area contributed by atoms with Gasteiger partial charge in [0, 0.05) is 19.4 Å². The summed E-state index contributed by atoms with van der Waals surface area (Å²) in [5.41, 5.74) is 0. The number of nitrogens with zero attached hydrogens (tertiary/aromatic N) is 1. The lowest BCUT2D eigenvalue weighted by Crippen LogP contribution is -2.32. The van der Waals surface area contributed by atoms with Gasteiger partial charge in [0.25, 0.3) is 11.8 Å². The van der Waals surface area contributed by atoms with Gasteiger partial charge in [0.1, 0.15) is 0 Å². The number of carbonyl (C=O) groups is 3. The zero-order valence-corrected chi connectivity index (χ0v) is 20.2. The van der Waals surface area contributed by atoms with Gasteiger partial charge >= 0.3 is 5.97 Å². The fourth-order valence-corrected chi connectivity index (χ4v) is 2.53. The largest absolute Gasteiger partial charge is 0.379 e. The van der Waals surface area contributed by atoms with E-state index < -0.39 is 17.8 Å². The summed E-state index contributed by atoms with van der Waals surface area (Å²) >= 11 is 0. The van der Waals surface area contributed by atoms with E-state index in [1.807, 2.05) is 0 Å². The summed E-state index contributed by atoms with van der Waals surface area (Å²) in [6.45, 7) is 8.64. The molecule has 0 spiro atoms. The number of ether oxygens (including phenoxy) is 7. The van der Waals surface area contributed by atoms with Gasteiger partial charge in [0.05, 0.1) is 92.3 Å². The number of imide groups is 1. The van der Waals surface area contributed by atoms with Crippen LogP contribution < -0.4 is 0 Å². The molecular formula is C22H39NO11. The summed E-state index contributed by atoms with van der Waals surface area (Å²) in [5, 5.41) is 0.522. The van der Waals surface area contributed by atoms with Crippen LogP contribution in [0.2, 0.25) is 0 Å². The van der Waals surface area contributed by atoms with Crippen LogP contribution in [0.15, 0.2) is 0 Å². The third-order valence-corrected chi connectivity index (χ3v) is 4.23. The van der Waals surface area contributed by atoms with Gasteiger partial charge in [-0.15, -0.1) is 5.06 Å². The molecule has 0 atom stereocenters. The van der Waals surface area contributed by atoms with E-state index in [-0.39, 0.29) is 25.9 Å². The summed E-state index contributed by atoms with van der Waals surface area (Å²) in [7, 11) is 0. The molecule has 0 N–H and O–H groups in total. The summed E-state index contributed by atoms with van der Waals surface area (Å²) in [6.07, 6.45) is 1.08. The third kappa shape index (κ3) is 16.9. The van der Waals surface area contributed by atoms with Crippen molar-refractivity contribution in [1.29, 1.82) is 0 Å². The highest BCUT2D eigenvalue weighted by atomic mass is 16.7. The number of hydrogen-bond acceptors (Lipinski definition) is 11. The van der Waals surface area contributed by atoms with E-state index in [9.17, 15) is 14.4 Å². The predicted molar refractivity (Wildman–Crippen MR) is 118 cm³/mol. The van der Waals surface area contributed by atoms with Crippen LogP contribution in [0, 0.1) is 0 Å². The normalized spacial score (nSPS) is 13.7. The monoisotopic (exact) mass is 493 g/mol. The molecular weight excluding hydrogens is 454 g/mol. The lowest BCUT2D eigenvalue weighted by molar-refractivity contribution is -0.198. The molecule has 1 aliphatic rings. The van der Waals surface area contributed by atoms with E-state index in [2.05, 4.69) is 6.92 Å². The topological polar surface area (TPSA) is 128 Å². The van der Waals surface area contributed by atoms with Gasteiger partial charge in [-0.1, -0.05) is 6.92 Å². The maximum absolute atomic E-state index is 11.6. The maximum Gasteiger partial charge on any atom is 0.335 e. The minimum absolute atomic E-state index is 0.0620. The Hall–Kier alpha value is -1.67. The molecule has 1 aliphatic heterocycles. The number of carbonyl (C=O) groups excluding carboxylic acids is 3. The maximum atomic E-state index is 11.6. The van der Waals surface area contributed by atoms with Crippen LogP contribution in [-0.2, 0) is 52.4 Å². The van der Waals surface area contributed by atoms with Crippen LogP contribution in [0.25, 0.3) is 0 Å². The summed E-state index contributed by atoms with van der Waals surface area (Å²) in [6, 6.07) is 0. The van der Waals surface area contributed by atoms with Crippen molar-refractivity contribution in [1.82, 2.24) is 5.06 Å². The second kappa shape index (κ2) is 21.8. The summed E-state index contributed by atoms with van der Waals surface area (Å²) in [5.74, 6) is -1.70. The Bertz CT molecular complexity index is 531. The molecule has 0 saturated carbocycles. The fourth-order valence-electron chi connectivity index (χ4n) is 2.53. The standard InChI is InChI=1S/C22H39NO11/c1-2-6-27-8-10-29-12-14-31-16-18-33-19-17-32-15-13-30-11-9-28-7-5-22(26)34-23-20(24)3-4-21(23)25/h2-19H2,1H3. The van der Waals surface area contributed by atoms with E-state index in [1.165, 1.54) is 0 Å². The van der Waals surface area contributed by atoms with Crippen LogP contribution in [0.4, 0.5) is 0 Å². The quantitative estimate of drug-likeness (QED) is 0.138. The van der Waals surface area contributed by atoms with E-state index >= 15 is 0 Å². The van der Waals surface area contributed by atoms with Crippen molar-refractivity contribution in [2.24, 2.45) is 0 Å². The van der Waals surface area contributed by atoms with Gasteiger partial charge in [-0.25, -0.2) is 4.79 Å². The number of hydrogen-bond donors (Lipinski definition) is 0. The smallest absolute Gasteiger partial charge is 0.335 e. The molecule has 1 rings (SSSR count). The van der Waals surface area contributed by atoms with Crippen molar-refractivity contribution in [2.75, 3.05) is 92.5 Å². The molecule has 12 nitrogen and oxygen atoms in total. The highest BCUT2D eigenvalue weighted by Crippen LogP contribution is 2.12. The molecule has 0 unspecified atom stereocenters. The molecule has 1 fully saturated rings. The molecule has 1 saturated heterocycles. The molecule has 0 aromatic carbocycles. The molecule has 0 radical (unpaired) electrons. The van der Waals surface area contributed by atoms with Crippen LogP contribution in [-0.4, -0.2) is 115 Å². The molecule has 0 aromatic heterocycles. The zero-order chi connectivity index (χ0) is 24.7. The SMILES string of the molecule is CCCOCCOCCOCCOCCOCCOCCOCCC(=O)ON1C(=O)CCC1=O. The average molecular weight is 494 g/mol. The number of rotatable bonds is 24. The molecule has 0 aromatic rings. The molecule has 2 amide bonds. The molecule has 34 heavy (non-hydrogen) atoms. The van der Waals surface area contributed by atoms with Gasteiger partial charge in [-0.2, -0.15) is 0 Å². The first-order valence-electron chi connectivity index (χ1n) is 11.8. The Labute approximate surface area is 201 Å². The van der Waals surface area contributed by atoms with E-state index in [4.69, 9.17) is 38.0 Å². The minimum Gasteiger partial charge on any atom is -0.379 e. The Morgan fingerprint density at radius 2 is 0.912 bits per heavy atom. The zero-order valence-electron chi connectivity index (χ0n) is 20.2. The molecule has 198 valence electrons. The van der Waals surface area contributed by atoms with Crippen molar-refractivity contribution in [3.05, 3.63) is 0 Å². The van der Waals surface area contributed by atoms with E-state index in [0.29, 0.717) is 84.3 Å². The summed E-state index contributed by atoms with van der Waals surface area (Å²) in [4.78, 5) is 39.0. The lowest BCUT2D eigenvalue weighted by Gasteiger charge is -2.12. The van der Waals surface area contributed by atoms with Crippen molar-refractivity contribution >= 4 is 17.8 Å². The average Bonchev–Trinajstić information content (AvgIpc) is 3.14. The van der Waals surface area contributed by atoms with Gasteiger partial charge in [-0.3, -0.25) is 9.59 Å². The Balaban J connectivity index is 1.72. The Morgan fingerprint density at radius 3 is 1.26 bits per heavy atom. The van der Waals surface area contributed by atoms with Crippen LogP contribution in [0.3, 0.4) is 0 Å². The predicted octanol–water partition coefficient (Wildman–Crippen LogP) is 0.510. The fraction of sp³-hybridized carbons (Fsp3) is 0.864. The van der Waals surface area contributed by atoms with Crippen LogP contribution in [0.1, 0.15) is 32.6 Å². The highest BCUT2D eigenvalue weighted by Gasteiger charge is 2.32. The van der Waals surface area contributed by atoms with E-state index in [1.54, 1.807) is 0 Å². The van der Waals surface area contributed by atoms with Gasteiger partial charge in [-0.05, 0) is 6.42 Å². The number of hydroxylamine groups is 2. The van der Waals surface area contributed by atoms with Crippen LogP contribution in [0.5, 0.6) is 0 Å². The highest BCUT2D eigenvalue weighted by molar-refractivity contribution is 6.01. The number of amides is 2. The lowest BCUT2D eigenvalue weighted by atomic mass is 10.4. The van der Waals surface area contributed by atoms with Crippen molar-refractivity contribution in [2.45, 2.75) is 32.6 Å². The first-order valence-corrected chi connectivity index (χ1v) is 11.8. The van der Waals surface area contributed by atoms with Crippen LogP contribution >= 0.6 is 0 Å². The second-order valence-electron chi connectivity index (χ2n) is 7.08. The molecule has 0 bridgehead atoms. The first kappa shape index (κ1) is 30.4. The molecule has 1 heterocycles. The van der Waals surface area contributed by atoms with Gasteiger partial charge in [0.2, 0.25) is 0 Å². The van der Waals surface area contributed by atoms with Crippen molar-refractivity contribution in [3.8, 4) is 0 Å². The van der Waals surface area contributed by atoms with Gasteiger partial charge in [0.15, 0.2) is 0 Å². The van der Waals surface area contributed by atoms with E-state index in [0.717, 1.165) is 13.0 Å². The van der Waals surface area contributed by atoms with Crippen molar-refractivity contribution < 1.29 is 52.4 Å². The molecule has 12 heteroatoms. The second-order valence-corrected chi connectivity index (χ2v) is 7.08. The molecule has 0 aliphatic carbocycles. The van der Waals surface area contributed by atoms with Crippen molar-refractivity contribution in [3.63, 3.8) is 0 Å². The minimum atomic E-state index is -0.690. The third-order valence-electron chi connectivity index (χ3n) is 4.23. The Morgan fingerprint density at radius 1 is 0.588 bits per heavy atom.